The van der Waals surface area contributed by atoms with Gasteiger partial charge in [0.1, 0.15) is 0 Å². The molecule has 4 heteroatoms. The molecule has 1 amide bonds. The fourth-order valence-corrected chi connectivity index (χ4v) is 3.90. The highest BCUT2D eigenvalue weighted by molar-refractivity contribution is 7.98. The first kappa shape index (κ1) is 18.3. The van der Waals surface area contributed by atoms with Crippen molar-refractivity contribution >= 4 is 17.7 Å². The lowest BCUT2D eigenvalue weighted by Crippen LogP contribution is -2.33. The Hall–Kier alpha value is -1.00. The lowest BCUT2D eigenvalue weighted by atomic mass is 9.93. The van der Waals surface area contributed by atoms with Crippen molar-refractivity contribution in [3.05, 3.63) is 35.4 Å². The minimum Gasteiger partial charge on any atom is -0.356 e. The van der Waals surface area contributed by atoms with Crippen LogP contribution in [0.15, 0.2) is 24.3 Å². The topological polar surface area (TPSA) is 32.3 Å². The molecule has 2 rings (SSSR count). The molecule has 1 aliphatic heterocycles. The smallest absolute Gasteiger partial charge is 0.220 e. The van der Waals surface area contributed by atoms with Crippen LogP contribution in [0.1, 0.15) is 36.8 Å². The molecule has 0 aliphatic carbocycles. The molecule has 0 spiro atoms. The van der Waals surface area contributed by atoms with Gasteiger partial charge in [-0.1, -0.05) is 29.8 Å². The third-order valence-corrected chi connectivity index (χ3v) is 5.57. The van der Waals surface area contributed by atoms with Crippen LogP contribution in [0.5, 0.6) is 0 Å². The van der Waals surface area contributed by atoms with Gasteiger partial charge >= 0.3 is 0 Å². The number of carbonyl (C=O) groups is 1. The third-order valence-electron chi connectivity index (χ3n) is 4.45. The van der Waals surface area contributed by atoms with Crippen LogP contribution in [0.25, 0.3) is 0 Å². The molecule has 1 aromatic rings. The Morgan fingerprint density at radius 2 is 2.13 bits per heavy atom. The van der Waals surface area contributed by atoms with Crippen molar-refractivity contribution in [2.24, 2.45) is 5.92 Å². The van der Waals surface area contributed by atoms with Gasteiger partial charge in [0.25, 0.3) is 0 Å². The summed E-state index contributed by atoms with van der Waals surface area (Å²) in [6.07, 6.45) is 4.09. The van der Waals surface area contributed by atoms with Gasteiger partial charge in [-0.25, -0.2) is 0 Å². The second kappa shape index (κ2) is 9.99. The Balaban J connectivity index is 1.49. The van der Waals surface area contributed by atoms with E-state index in [2.05, 4.69) is 48.5 Å². The van der Waals surface area contributed by atoms with E-state index in [1.165, 1.54) is 11.1 Å². The highest BCUT2D eigenvalue weighted by atomic mass is 32.2. The number of rotatable bonds is 8. The van der Waals surface area contributed by atoms with Crippen LogP contribution in [0.2, 0.25) is 0 Å². The quantitative estimate of drug-likeness (QED) is 0.739. The minimum absolute atomic E-state index is 0.239. The first-order chi connectivity index (χ1) is 11.1. The van der Waals surface area contributed by atoms with E-state index in [1.807, 2.05) is 11.8 Å². The van der Waals surface area contributed by atoms with Crippen molar-refractivity contribution in [2.45, 2.75) is 38.4 Å². The summed E-state index contributed by atoms with van der Waals surface area (Å²) < 4.78 is 0. The monoisotopic (exact) mass is 334 g/mol. The van der Waals surface area contributed by atoms with Crippen molar-refractivity contribution in [1.29, 1.82) is 0 Å². The molecule has 1 heterocycles. The van der Waals surface area contributed by atoms with E-state index in [-0.39, 0.29) is 5.91 Å². The maximum Gasteiger partial charge on any atom is 0.220 e. The largest absolute Gasteiger partial charge is 0.356 e. The van der Waals surface area contributed by atoms with E-state index >= 15 is 0 Å². The van der Waals surface area contributed by atoms with Crippen LogP contribution in [-0.4, -0.2) is 43.2 Å². The summed E-state index contributed by atoms with van der Waals surface area (Å²) in [6.45, 7) is 5.21. The molecule has 1 saturated heterocycles. The van der Waals surface area contributed by atoms with Gasteiger partial charge in [-0.05, 0) is 63.6 Å². The molecule has 0 bridgehead atoms. The maximum atomic E-state index is 12.0. The van der Waals surface area contributed by atoms with E-state index in [4.69, 9.17) is 0 Å². The van der Waals surface area contributed by atoms with Gasteiger partial charge in [0.05, 0.1) is 0 Å². The molecule has 23 heavy (non-hydrogen) atoms. The molecule has 1 N–H and O–H groups in total. The Labute approximate surface area is 145 Å². The van der Waals surface area contributed by atoms with Crippen molar-refractivity contribution in [3.8, 4) is 0 Å². The number of piperidine rings is 1. The Morgan fingerprint density at radius 1 is 1.35 bits per heavy atom. The van der Waals surface area contributed by atoms with Crippen molar-refractivity contribution in [1.82, 2.24) is 10.2 Å². The number of nitrogens with one attached hydrogen (secondary N) is 1. The summed E-state index contributed by atoms with van der Waals surface area (Å²) in [6, 6.07) is 8.68. The molecule has 0 atom stereocenters. The molecule has 1 aromatic carbocycles. The Morgan fingerprint density at radius 3 is 2.87 bits per heavy atom. The molecule has 128 valence electrons. The molecule has 1 fully saturated rings. The summed E-state index contributed by atoms with van der Waals surface area (Å²) in [7, 11) is 2.16. The molecule has 1 aliphatic rings. The lowest BCUT2D eigenvalue weighted by Gasteiger charge is -2.28. The van der Waals surface area contributed by atoms with E-state index in [1.54, 1.807) is 0 Å². The summed E-state index contributed by atoms with van der Waals surface area (Å²) in [5.41, 5.74) is 2.71. The summed E-state index contributed by atoms with van der Waals surface area (Å²) in [5.74, 6) is 2.98. The molecular formula is C19H30N2OS. The number of nitrogens with zero attached hydrogens (tertiary/aromatic N) is 1. The van der Waals surface area contributed by atoms with Crippen LogP contribution in [-0.2, 0) is 10.5 Å². The number of amides is 1. The number of hydrogen-bond donors (Lipinski definition) is 1. The van der Waals surface area contributed by atoms with Gasteiger partial charge in [0.2, 0.25) is 5.91 Å². The number of carbonyl (C=O) groups excluding carboxylic acids is 1. The first-order valence-electron chi connectivity index (χ1n) is 8.72. The number of hydrogen-bond acceptors (Lipinski definition) is 3. The SMILES string of the molecule is Cc1cccc(CSCCCNC(=O)CC2CCN(C)CC2)c1. The summed E-state index contributed by atoms with van der Waals surface area (Å²) >= 11 is 1.95. The minimum atomic E-state index is 0.239. The zero-order valence-electron chi connectivity index (χ0n) is 14.5. The average molecular weight is 335 g/mol. The predicted molar refractivity (Wildman–Crippen MR) is 99.8 cm³/mol. The predicted octanol–water partition coefficient (Wildman–Crippen LogP) is 3.47. The van der Waals surface area contributed by atoms with E-state index < -0.39 is 0 Å². The Bertz CT molecular complexity index is 484. The summed E-state index contributed by atoms with van der Waals surface area (Å²) in [5, 5.41) is 3.08. The lowest BCUT2D eigenvalue weighted by molar-refractivity contribution is -0.122. The van der Waals surface area contributed by atoms with Gasteiger partial charge in [-0.15, -0.1) is 0 Å². The number of benzene rings is 1. The van der Waals surface area contributed by atoms with Crippen LogP contribution in [0.3, 0.4) is 0 Å². The molecule has 0 radical (unpaired) electrons. The zero-order chi connectivity index (χ0) is 16.5. The van der Waals surface area contributed by atoms with Crippen LogP contribution >= 0.6 is 11.8 Å². The Kier molecular flexibility index (Phi) is 7.96. The molecular weight excluding hydrogens is 304 g/mol. The van der Waals surface area contributed by atoms with Gasteiger partial charge in [-0.2, -0.15) is 11.8 Å². The standard InChI is InChI=1S/C19H30N2OS/c1-16-5-3-6-18(13-16)15-23-12-4-9-20-19(22)14-17-7-10-21(2)11-8-17/h3,5-6,13,17H,4,7-12,14-15H2,1-2H3,(H,20,22). The molecule has 0 unspecified atom stereocenters. The van der Waals surface area contributed by atoms with Gasteiger partial charge < -0.3 is 10.2 Å². The number of aryl methyl sites for hydroxylation is 1. The van der Waals surface area contributed by atoms with Crippen molar-refractivity contribution < 1.29 is 4.79 Å². The number of likely N-dealkylation sites (tertiary alicyclic amines) is 1. The fraction of sp³-hybridized carbons (Fsp3) is 0.632. The highest BCUT2D eigenvalue weighted by Crippen LogP contribution is 2.19. The molecule has 0 aromatic heterocycles. The average Bonchev–Trinajstić information content (AvgIpc) is 2.53. The van der Waals surface area contributed by atoms with E-state index in [0.29, 0.717) is 12.3 Å². The number of thioether (sulfide) groups is 1. The van der Waals surface area contributed by atoms with E-state index in [9.17, 15) is 4.79 Å². The van der Waals surface area contributed by atoms with E-state index in [0.717, 1.165) is 50.4 Å². The molecule has 3 nitrogen and oxygen atoms in total. The van der Waals surface area contributed by atoms with Crippen molar-refractivity contribution in [3.63, 3.8) is 0 Å². The van der Waals surface area contributed by atoms with Crippen LogP contribution in [0, 0.1) is 12.8 Å². The van der Waals surface area contributed by atoms with Gasteiger partial charge in [-0.3, -0.25) is 4.79 Å². The fourth-order valence-electron chi connectivity index (χ4n) is 2.99. The van der Waals surface area contributed by atoms with Crippen molar-refractivity contribution in [2.75, 3.05) is 32.4 Å². The normalized spacial score (nSPS) is 16.4. The van der Waals surface area contributed by atoms with Crippen LogP contribution < -0.4 is 5.32 Å². The van der Waals surface area contributed by atoms with Gasteiger partial charge in [0, 0.05) is 18.7 Å². The maximum absolute atomic E-state index is 12.0. The second-order valence-corrected chi connectivity index (χ2v) is 7.80. The second-order valence-electron chi connectivity index (χ2n) is 6.70. The summed E-state index contributed by atoms with van der Waals surface area (Å²) in [4.78, 5) is 14.3. The zero-order valence-corrected chi connectivity index (χ0v) is 15.3. The van der Waals surface area contributed by atoms with Crippen LogP contribution in [0.4, 0.5) is 0 Å². The third kappa shape index (κ3) is 7.40. The molecule has 0 saturated carbocycles. The highest BCUT2D eigenvalue weighted by Gasteiger charge is 2.19. The van der Waals surface area contributed by atoms with Gasteiger partial charge in [0.15, 0.2) is 0 Å². The first-order valence-corrected chi connectivity index (χ1v) is 9.87.